The van der Waals surface area contributed by atoms with Gasteiger partial charge in [-0.2, -0.15) is 0 Å². The Morgan fingerprint density at radius 1 is 1.11 bits per heavy atom. The molecule has 0 saturated carbocycles. The lowest BCUT2D eigenvalue weighted by molar-refractivity contribution is -0.536. The number of nitrogens with zero attached hydrogens (tertiary/aromatic N) is 1. The van der Waals surface area contributed by atoms with Gasteiger partial charge in [-0.15, -0.1) is 0 Å². The monoisotopic (exact) mass is 259 g/mol. The van der Waals surface area contributed by atoms with E-state index in [1.54, 1.807) is 0 Å². The van der Waals surface area contributed by atoms with Gasteiger partial charge in [0.25, 0.3) is 0 Å². The second-order valence-corrected chi connectivity index (χ2v) is 5.61. The molecule has 0 aliphatic carbocycles. The topological polar surface area (TPSA) is 63.4 Å². The van der Waals surface area contributed by atoms with Crippen molar-refractivity contribution >= 4 is 0 Å². The van der Waals surface area contributed by atoms with Gasteiger partial charge in [-0.1, -0.05) is 59.3 Å². The molecule has 1 N–H and O–H groups in total. The minimum Gasteiger partial charge on any atom is -0.386 e. The number of aliphatic hydroxyl groups is 1. The average Bonchev–Trinajstić information content (AvgIpc) is 2.29. The first-order valence-corrected chi connectivity index (χ1v) is 7.30. The summed E-state index contributed by atoms with van der Waals surface area (Å²) in [5.41, 5.74) is 0. The van der Waals surface area contributed by atoms with E-state index in [-0.39, 0.29) is 10.8 Å². The summed E-state index contributed by atoms with van der Waals surface area (Å²) in [5, 5.41) is 20.8. The van der Waals surface area contributed by atoms with Crippen LogP contribution in [0.25, 0.3) is 0 Å². The van der Waals surface area contributed by atoms with Gasteiger partial charge in [-0.3, -0.25) is 10.1 Å². The zero-order valence-electron chi connectivity index (χ0n) is 12.1. The van der Waals surface area contributed by atoms with Crippen molar-refractivity contribution in [3.63, 3.8) is 0 Å². The summed E-state index contributed by atoms with van der Waals surface area (Å²) in [6.45, 7) is 6.08. The van der Waals surface area contributed by atoms with Gasteiger partial charge in [0, 0.05) is 11.3 Å². The van der Waals surface area contributed by atoms with Crippen LogP contribution >= 0.6 is 0 Å². The molecule has 0 spiro atoms. The van der Waals surface area contributed by atoms with Crippen molar-refractivity contribution in [2.45, 2.75) is 84.3 Å². The van der Waals surface area contributed by atoms with E-state index in [9.17, 15) is 15.2 Å². The standard InChI is InChI=1S/C14H29NO3/c1-4-5-6-7-8-9-10-14(16)13(15(17)18)11-12(2)3/h12-14,16H,4-11H2,1-3H3/t13-,14+/m0/s1. The van der Waals surface area contributed by atoms with Gasteiger partial charge in [0.15, 0.2) is 0 Å². The molecule has 4 heteroatoms. The third-order valence-electron chi connectivity index (χ3n) is 3.28. The Morgan fingerprint density at radius 2 is 1.67 bits per heavy atom. The molecule has 0 aromatic heterocycles. The molecule has 0 aliphatic rings. The Labute approximate surface area is 111 Å². The van der Waals surface area contributed by atoms with Gasteiger partial charge in [0.1, 0.15) is 6.10 Å². The maximum atomic E-state index is 10.9. The van der Waals surface area contributed by atoms with Crippen molar-refractivity contribution in [3.05, 3.63) is 10.1 Å². The molecule has 0 aromatic carbocycles. The van der Waals surface area contributed by atoms with E-state index < -0.39 is 12.1 Å². The minimum atomic E-state index is -0.791. The van der Waals surface area contributed by atoms with Crippen molar-refractivity contribution in [2.24, 2.45) is 5.92 Å². The van der Waals surface area contributed by atoms with Crippen LogP contribution in [-0.4, -0.2) is 22.2 Å². The van der Waals surface area contributed by atoms with Crippen LogP contribution in [-0.2, 0) is 0 Å². The summed E-state index contributed by atoms with van der Waals surface area (Å²) in [7, 11) is 0. The average molecular weight is 259 g/mol. The van der Waals surface area contributed by atoms with E-state index in [1.807, 2.05) is 13.8 Å². The van der Waals surface area contributed by atoms with Gasteiger partial charge in [-0.25, -0.2) is 0 Å². The number of nitro groups is 1. The van der Waals surface area contributed by atoms with Crippen molar-refractivity contribution in [1.29, 1.82) is 0 Å². The van der Waals surface area contributed by atoms with Crippen molar-refractivity contribution in [1.82, 2.24) is 0 Å². The molecular weight excluding hydrogens is 230 g/mol. The lowest BCUT2D eigenvalue weighted by Gasteiger charge is -2.17. The molecular formula is C14H29NO3. The molecule has 0 radical (unpaired) electrons. The van der Waals surface area contributed by atoms with E-state index in [4.69, 9.17) is 0 Å². The molecule has 0 rings (SSSR count). The second-order valence-electron chi connectivity index (χ2n) is 5.61. The molecule has 0 unspecified atom stereocenters. The van der Waals surface area contributed by atoms with Crippen LogP contribution in [0.2, 0.25) is 0 Å². The summed E-state index contributed by atoms with van der Waals surface area (Å²) >= 11 is 0. The molecule has 18 heavy (non-hydrogen) atoms. The Balaban J connectivity index is 3.82. The molecule has 0 fully saturated rings. The van der Waals surface area contributed by atoms with Crippen LogP contribution in [0.1, 0.15) is 72.1 Å². The molecule has 0 bridgehead atoms. The summed E-state index contributed by atoms with van der Waals surface area (Å²) < 4.78 is 0. The van der Waals surface area contributed by atoms with Crippen LogP contribution in [0.3, 0.4) is 0 Å². The minimum absolute atomic E-state index is 0.250. The zero-order valence-corrected chi connectivity index (χ0v) is 12.1. The third kappa shape index (κ3) is 8.45. The summed E-state index contributed by atoms with van der Waals surface area (Å²) in [6, 6.07) is -0.791. The fourth-order valence-electron chi connectivity index (χ4n) is 2.19. The fourth-order valence-corrected chi connectivity index (χ4v) is 2.19. The number of unbranched alkanes of at least 4 members (excludes halogenated alkanes) is 5. The van der Waals surface area contributed by atoms with Crippen molar-refractivity contribution in [2.75, 3.05) is 0 Å². The van der Waals surface area contributed by atoms with E-state index in [2.05, 4.69) is 6.92 Å². The maximum absolute atomic E-state index is 10.9. The first kappa shape index (κ1) is 17.4. The van der Waals surface area contributed by atoms with Crippen LogP contribution in [0.15, 0.2) is 0 Å². The van der Waals surface area contributed by atoms with Crippen molar-refractivity contribution < 1.29 is 10.0 Å². The van der Waals surface area contributed by atoms with Crippen molar-refractivity contribution in [3.8, 4) is 0 Å². The highest BCUT2D eigenvalue weighted by Crippen LogP contribution is 2.16. The molecule has 0 saturated heterocycles. The number of aliphatic hydroxyl groups excluding tert-OH is 1. The predicted molar refractivity (Wildman–Crippen MR) is 74.2 cm³/mol. The maximum Gasteiger partial charge on any atom is 0.238 e. The Morgan fingerprint density at radius 3 is 2.17 bits per heavy atom. The first-order valence-electron chi connectivity index (χ1n) is 7.30. The van der Waals surface area contributed by atoms with Gasteiger partial charge in [-0.05, 0) is 12.3 Å². The Kier molecular flexibility index (Phi) is 9.93. The van der Waals surface area contributed by atoms with E-state index in [0.29, 0.717) is 12.8 Å². The third-order valence-corrected chi connectivity index (χ3v) is 3.28. The second kappa shape index (κ2) is 10.3. The smallest absolute Gasteiger partial charge is 0.238 e. The van der Waals surface area contributed by atoms with E-state index >= 15 is 0 Å². The molecule has 0 aliphatic heterocycles. The van der Waals surface area contributed by atoms with E-state index in [1.165, 1.54) is 25.7 Å². The highest BCUT2D eigenvalue weighted by Gasteiger charge is 2.29. The first-order chi connectivity index (χ1) is 8.49. The van der Waals surface area contributed by atoms with Gasteiger partial charge in [0.2, 0.25) is 6.04 Å². The normalized spacial score (nSPS) is 14.7. The van der Waals surface area contributed by atoms with E-state index in [0.717, 1.165) is 12.8 Å². The molecule has 0 aromatic rings. The van der Waals surface area contributed by atoms with Crippen LogP contribution in [0.5, 0.6) is 0 Å². The van der Waals surface area contributed by atoms with Gasteiger partial charge in [0.05, 0.1) is 0 Å². The van der Waals surface area contributed by atoms with Crippen LogP contribution in [0, 0.1) is 16.0 Å². The predicted octanol–water partition coefficient (Wildman–Crippen LogP) is 3.79. The number of rotatable bonds is 11. The molecule has 2 atom stereocenters. The molecule has 0 heterocycles. The van der Waals surface area contributed by atoms with Crippen LogP contribution in [0.4, 0.5) is 0 Å². The van der Waals surface area contributed by atoms with Crippen LogP contribution < -0.4 is 0 Å². The highest BCUT2D eigenvalue weighted by atomic mass is 16.6. The summed E-state index contributed by atoms with van der Waals surface area (Å²) in [4.78, 5) is 10.6. The molecule has 4 nitrogen and oxygen atoms in total. The summed E-state index contributed by atoms with van der Waals surface area (Å²) in [6.07, 6.45) is 7.10. The Hall–Kier alpha value is -0.640. The quantitative estimate of drug-likeness (QED) is 0.349. The molecule has 0 amide bonds. The number of hydrogen-bond donors (Lipinski definition) is 1. The zero-order chi connectivity index (χ0) is 14.0. The summed E-state index contributed by atoms with van der Waals surface area (Å²) in [5.74, 6) is 0.250. The highest BCUT2D eigenvalue weighted by molar-refractivity contribution is 4.70. The largest absolute Gasteiger partial charge is 0.386 e. The lowest BCUT2D eigenvalue weighted by atomic mass is 9.96. The fraction of sp³-hybridized carbons (Fsp3) is 1.00. The SMILES string of the molecule is CCCCCCCC[C@@H](O)[C@H](CC(C)C)[N+](=O)[O-]. The van der Waals surface area contributed by atoms with Gasteiger partial charge < -0.3 is 5.11 Å². The molecule has 108 valence electrons. The number of hydrogen-bond acceptors (Lipinski definition) is 3. The van der Waals surface area contributed by atoms with Gasteiger partial charge >= 0.3 is 0 Å². The lowest BCUT2D eigenvalue weighted by Crippen LogP contribution is -2.34. The Bertz CT molecular complexity index is 219.